The van der Waals surface area contributed by atoms with Crippen LogP contribution in [0.15, 0.2) is 48.5 Å². The third kappa shape index (κ3) is 20.2. The highest BCUT2D eigenvalue weighted by molar-refractivity contribution is 5.82. The van der Waals surface area contributed by atoms with Crippen molar-refractivity contribution in [3.05, 3.63) is 71.3 Å². The van der Waals surface area contributed by atoms with Crippen LogP contribution >= 0.6 is 0 Å². The highest BCUT2D eigenvalue weighted by Gasteiger charge is 2.23. The van der Waals surface area contributed by atoms with Crippen LogP contribution in [-0.2, 0) is 74.9 Å². The molecule has 0 radical (unpaired) electrons. The fourth-order valence-corrected chi connectivity index (χ4v) is 7.95. The Hall–Kier alpha value is -6.00. The van der Waals surface area contributed by atoms with Crippen molar-refractivity contribution in [1.82, 2.24) is 30.0 Å². The van der Waals surface area contributed by atoms with Crippen LogP contribution in [-0.4, -0.2) is 154 Å². The fourth-order valence-electron chi connectivity index (χ4n) is 7.95. The summed E-state index contributed by atoms with van der Waals surface area (Å²) in [4.78, 5) is 81.1. The number of methoxy groups -OCH3 is 6. The number of nitrogens with two attached hydrogens (primary N) is 2. The molecular formula is C51H76N8O16. The molecule has 4 rings (SSSR count). The van der Waals surface area contributed by atoms with Crippen LogP contribution in [0.25, 0.3) is 22.3 Å². The lowest BCUT2D eigenvalue weighted by Crippen LogP contribution is -2.37. The average Bonchev–Trinajstić information content (AvgIpc) is 3.42. The van der Waals surface area contributed by atoms with Gasteiger partial charge in [0.25, 0.3) is 0 Å². The normalized spacial score (nSPS) is 11.8. The third-order valence-corrected chi connectivity index (χ3v) is 11.6. The maximum atomic E-state index is 12.4. The van der Waals surface area contributed by atoms with Gasteiger partial charge in [0.2, 0.25) is 11.8 Å². The van der Waals surface area contributed by atoms with Crippen molar-refractivity contribution in [3.63, 3.8) is 0 Å². The van der Waals surface area contributed by atoms with E-state index in [1.807, 2.05) is 24.3 Å². The predicted molar refractivity (Wildman–Crippen MR) is 274 cm³/mol. The number of unbranched alkanes of at least 4 members (excludes halogenated alkanes) is 3. The lowest BCUT2D eigenvalue weighted by atomic mass is 10.0. The molecule has 0 fully saturated rings. The van der Waals surface area contributed by atoms with E-state index in [1.54, 1.807) is 76.7 Å². The maximum absolute atomic E-state index is 12.4. The number of carbonyl (C=O) groups excluding carboxylic acids is 2. The zero-order valence-corrected chi connectivity index (χ0v) is 44.9. The van der Waals surface area contributed by atoms with E-state index in [0.29, 0.717) is 83.2 Å². The Morgan fingerprint density at radius 1 is 0.507 bits per heavy atom. The fraction of sp³-hybridized carbons (Fsp3) is 0.529. The first-order valence-corrected chi connectivity index (χ1v) is 24.1. The van der Waals surface area contributed by atoms with Crippen molar-refractivity contribution in [2.24, 2.45) is 11.5 Å². The third-order valence-electron chi connectivity index (χ3n) is 11.6. The molecule has 2 aromatic carbocycles. The summed E-state index contributed by atoms with van der Waals surface area (Å²) in [5.74, 6) is 2.39. The van der Waals surface area contributed by atoms with Crippen molar-refractivity contribution in [2.75, 3.05) is 111 Å². The molecule has 24 nitrogen and oxygen atoms in total. The lowest BCUT2D eigenvalue weighted by molar-refractivity contribution is -0.335. The van der Waals surface area contributed by atoms with E-state index in [0.717, 1.165) is 48.2 Å². The molecule has 0 aliphatic carbocycles. The number of rotatable bonds is 39. The predicted octanol–water partition coefficient (Wildman–Crippen LogP) is 4.88. The number of carbonyl (C=O) groups is 2. The molecule has 2 amide bonds. The summed E-state index contributed by atoms with van der Waals surface area (Å²) in [7, 11) is 15.2. The SMILES string of the molecule is COOCN(COOC)Cc1cc(-c2c(OC)cc(OC)cc2OC)cc(CN(CCCCCCNC(=O)CCC(N)C(N)=O)Cc2cc(-c3c(OC)cc(OC)cc3OC)cc(CN(COOC)COOC)n2)n1. The smallest absolute Gasteiger partial charge is 0.234 e. The van der Waals surface area contributed by atoms with E-state index in [2.05, 4.69) is 10.2 Å². The zero-order chi connectivity index (χ0) is 54.5. The van der Waals surface area contributed by atoms with E-state index in [4.69, 9.17) is 89.0 Å². The molecule has 0 saturated heterocycles. The molecule has 75 heavy (non-hydrogen) atoms. The second-order valence-corrected chi connectivity index (χ2v) is 16.8. The molecule has 2 aromatic heterocycles. The number of hydrogen-bond acceptors (Lipinski definition) is 22. The quantitative estimate of drug-likeness (QED) is 0.0233. The highest BCUT2D eigenvalue weighted by Crippen LogP contribution is 2.44. The molecular weight excluding hydrogens is 981 g/mol. The summed E-state index contributed by atoms with van der Waals surface area (Å²) in [6, 6.07) is 14.3. The minimum atomic E-state index is -0.866. The number of hydrogen-bond donors (Lipinski definition) is 3. The minimum absolute atomic E-state index is 0.0380. The van der Waals surface area contributed by atoms with Crippen LogP contribution in [0.3, 0.4) is 0 Å². The molecule has 0 spiro atoms. The van der Waals surface area contributed by atoms with E-state index in [1.165, 1.54) is 28.4 Å². The number of benzene rings is 2. The Labute approximate surface area is 439 Å². The molecule has 0 saturated carbocycles. The van der Waals surface area contributed by atoms with Gasteiger partial charge in [-0.15, -0.1) is 0 Å². The first kappa shape index (κ1) is 61.5. The molecule has 24 heteroatoms. The molecule has 0 aliphatic heterocycles. The van der Waals surface area contributed by atoms with Crippen LogP contribution in [0.5, 0.6) is 34.5 Å². The van der Waals surface area contributed by atoms with Crippen molar-refractivity contribution in [3.8, 4) is 56.8 Å². The largest absolute Gasteiger partial charge is 0.496 e. The highest BCUT2D eigenvalue weighted by atomic mass is 17.2. The number of ether oxygens (including phenoxy) is 6. The number of primary amides is 1. The standard InChI is InChI=1S/C51H76N8O16/c1-62-41-23-44(64-3)49(45(24-41)65-4)35-19-37(55-39(21-35)29-58(31-72-68-7)32-73-69-8)27-57(18-14-12-11-13-17-54-48(60)16-15-43(52)51(53)61)28-38-20-36(50-46(66-5)25-42(63-2)26-47(50)67-6)22-40(56-38)30-59(33-74-70-9)34-75-71-10/h19-26,43H,11-18,27-34,52H2,1-10H3,(H2,53,61)(H,54,60). The van der Waals surface area contributed by atoms with Gasteiger partial charge >= 0.3 is 0 Å². The molecule has 2 heterocycles. The molecule has 5 N–H and O–H groups in total. The van der Waals surface area contributed by atoms with E-state index < -0.39 is 11.9 Å². The van der Waals surface area contributed by atoms with Crippen LogP contribution in [0, 0.1) is 0 Å². The van der Waals surface area contributed by atoms with Gasteiger partial charge < -0.3 is 45.2 Å². The second kappa shape index (κ2) is 33.8. The Balaban J connectivity index is 1.84. The van der Waals surface area contributed by atoms with Crippen molar-refractivity contribution in [2.45, 2.75) is 70.7 Å². The molecule has 0 bridgehead atoms. The van der Waals surface area contributed by atoms with E-state index >= 15 is 0 Å². The molecule has 1 unspecified atom stereocenters. The van der Waals surface area contributed by atoms with Crippen molar-refractivity contribution < 1.29 is 77.1 Å². The second-order valence-electron chi connectivity index (χ2n) is 16.8. The zero-order valence-electron chi connectivity index (χ0n) is 44.9. The summed E-state index contributed by atoms with van der Waals surface area (Å²) >= 11 is 0. The molecule has 0 aliphatic rings. The molecule has 416 valence electrons. The van der Waals surface area contributed by atoms with Crippen LogP contribution in [0.4, 0.5) is 0 Å². The Bertz CT molecular complexity index is 2150. The van der Waals surface area contributed by atoms with Gasteiger partial charge in [-0.3, -0.25) is 24.5 Å². The Morgan fingerprint density at radius 2 is 0.867 bits per heavy atom. The van der Waals surface area contributed by atoms with E-state index in [9.17, 15) is 9.59 Å². The minimum Gasteiger partial charge on any atom is -0.496 e. The summed E-state index contributed by atoms with van der Waals surface area (Å²) in [5.41, 5.74) is 16.6. The topological polar surface area (TPSA) is 263 Å². The first-order valence-electron chi connectivity index (χ1n) is 24.1. The van der Waals surface area contributed by atoms with Crippen LogP contribution < -0.4 is 45.2 Å². The number of amides is 2. The monoisotopic (exact) mass is 1060 g/mol. The van der Waals surface area contributed by atoms with E-state index in [-0.39, 0.29) is 58.8 Å². The van der Waals surface area contributed by atoms with Gasteiger partial charge in [0.1, 0.15) is 61.4 Å². The summed E-state index contributed by atoms with van der Waals surface area (Å²) in [6.07, 6.45) is 3.51. The summed E-state index contributed by atoms with van der Waals surface area (Å²) in [6.45, 7) is 2.50. The van der Waals surface area contributed by atoms with Gasteiger partial charge in [-0.05, 0) is 61.2 Å². The van der Waals surface area contributed by atoms with Gasteiger partial charge in [-0.1, -0.05) is 12.8 Å². The number of nitrogens with zero attached hydrogens (tertiary/aromatic N) is 5. The van der Waals surface area contributed by atoms with Gasteiger partial charge in [0.15, 0.2) is 0 Å². The van der Waals surface area contributed by atoms with Gasteiger partial charge in [0.05, 0.1) is 111 Å². The van der Waals surface area contributed by atoms with Crippen molar-refractivity contribution >= 4 is 11.8 Å². The van der Waals surface area contributed by atoms with Crippen LogP contribution in [0.2, 0.25) is 0 Å². The van der Waals surface area contributed by atoms with Gasteiger partial charge in [-0.2, -0.15) is 0 Å². The van der Waals surface area contributed by atoms with Crippen molar-refractivity contribution in [1.29, 1.82) is 0 Å². The lowest BCUT2D eigenvalue weighted by Gasteiger charge is -2.25. The average molecular weight is 1060 g/mol. The Kier molecular flexibility index (Phi) is 27.8. The van der Waals surface area contributed by atoms with Crippen LogP contribution in [0.1, 0.15) is 61.3 Å². The molecule has 4 aromatic rings. The number of pyridine rings is 2. The Morgan fingerprint density at radius 3 is 1.20 bits per heavy atom. The number of nitrogens with one attached hydrogen (secondary N) is 1. The van der Waals surface area contributed by atoms with Gasteiger partial charge in [-0.25, -0.2) is 48.9 Å². The molecule has 1 atom stereocenters. The number of aromatic nitrogens is 2. The summed E-state index contributed by atoms with van der Waals surface area (Å²) < 4.78 is 34.9. The first-order chi connectivity index (χ1) is 36.4. The summed E-state index contributed by atoms with van der Waals surface area (Å²) in [5, 5.41) is 2.92. The van der Waals surface area contributed by atoms with Gasteiger partial charge in [0, 0.05) is 63.4 Å². The maximum Gasteiger partial charge on any atom is 0.234 e.